The van der Waals surface area contributed by atoms with Crippen LogP contribution in [0.3, 0.4) is 0 Å². The van der Waals surface area contributed by atoms with Crippen molar-refractivity contribution in [2.24, 2.45) is 0 Å². The van der Waals surface area contributed by atoms with E-state index < -0.39 is 0 Å². The Bertz CT molecular complexity index is 1120. The van der Waals surface area contributed by atoms with Crippen molar-refractivity contribution in [3.8, 4) is 0 Å². The van der Waals surface area contributed by atoms with E-state index in [0.717, 1.165) is 49.7 Å². The molecular formula is C34H42O4. The molecule has 0 N–H and O–H groups in total. The van der Waals surface area contributed by atoms with Gasteiger partial charge >= 0.3 is 11.9 Å². The summed E-state index contributed by atoms with van der Waals surface area (Å²) in [6.45, 7) is 9.01. The lowest BCUT2D eigenvalue weighted by molar-refractivity contribution is 0.0532. The van der Waals surface area contributed by atoms with Crippen LogP contribution in [0, 0.1) is 0 Å². The van der Waals surface area contributed by atoms with E-state index in [2.05, 4.69) is 39.0 Å². The van der Waals surface area contributed by atoms with Gasteiger partial charge in [-0.1, -0.05) is 71.3 Å². The molecule has 202 valence electrons. The van der Waals surface area contributed by atoms with Gasteiger partial charge in [-0.2, -0.15) is 0 Å². The third-order valence-electron chi connectivity index (χ3n) is 6.08. The Morgan fingerprint density at radius 2 is 1.11 bits per heavy atom. The van der Waals surface area contributed by atoms with Crippen LogP contribution in [0.25, 0.3) is 0 Å². The van der Waals surface area contributed by atoms with E-state index in [1.807, 2.05) is 49.4 Å². The van der Waals surface area contributed by atoms with Crippen LogP contribution in [0.15, 0.2) is 107 Å². The summed E-state index contributed by atoms with van der Waals surface area (Å²) in [5.74, 6) is -0.623. The predicted molar refractivity (Wildman–Crippen MR) is 156 cm³/mol. The first-order chi connectivity index (χ1) is 18.3. The van der Waals surface area contributed by atoms with Crippen LogP contribution in [0.5, 0.6) is 0 Å². The third-order valence-corrected chi connectivity index (χ3v) is 6.08. The molecule has 0 bridgehead atoms. The quantitative estimate of drug-likeness (QED) is 0.176. The minimum Gasteiger partial charge on any atom is -0.458 e. The Hall–Kier alpha value is -3.66. The zero-order chi connectivity index (χ0) is 27.6. The summed E-state index contributed by atoms with van der Waals surface area (Å²) < 4.78 is 11.0. The zero-order valence-corrected chi connectivity index (χ0v) is 23.4. The lowest BCUT2D eigenvalue weighted by Crippen LogP contribution is -2.08. The van der Waals surface area contributed by atoms with E-state index in [1.165, 1.54) is 11.1 Å². The summed E-state index contributed by atoms with van der Waals surface area (Å²) in [6, 6.07) is 18.1. The predicted octanol–water partition coefficient (Wildman–Crippen LogP) is 8.83. The molecule has 0 saturated carbocycles. The fraction of sp³-hybridized carbons (Fsp3) is 0.353. The van der Waals surface area contributed by atoms with Gasteiger partial charge in [-0.15, -0.1) is 0 Å². The van der Waals surface area contributed by atoms with Crippen LogP contribution >= 0.6 is 0 Å². The zero-order valence-electron chi connectivity index (χ0n) is 23.4. The van der Waals surface area contributed by atoms with Crippen molar-refractivity contribution >= 4 is 11.9 Å². The maximum atomic E-state index is 12.4. The van der Waals surface area contributed by atoms with Gasteiger partial charge in [0, 0.05) is 0 Å². The van der Waals surface area contributed by atoms with E-state index in [4.69, 9.17) is 9.47 Å². The van der Waals surface area contributed by atoms with Gasteiger partial charge in [0.1, 0.15) is 13.2 Å². The van der Waals surface area contributed by atoms with E-state index in [9.17, 15) is 9.59 Å². The molecule has 0 aromatic heterocycles. The molecule has 4 heteroatoms. The molecule has 0 aliphatic rings. The Labute approximate surface area is 228 Å². The summed E-state index contributed by atoms with van der Waals surface area (Å²) in [4.78, 5) is 24.5. The van der Waals surface area contributed by atoms with E-state index >= 15 is 0 Å². The number of rotatable bonds is 15. The monoisotopic (exact) mass is 514 g/mol. The molecule has 0 amide bonds. The minimum absolute atomic E-state index is 0.252. The van der Waals surface area contributed by atoms with E-state index in [-0.39, 0.29) is 25.2 Å². The highest BCUT2D eigenvalue weighted by atomic mass is 16.5. The largest absolute Gasteiger partial charge is 0.458 e. The Morgan fingerprint density at radius 1 is 0.605 bits per heavy atom. The average Bonchev–Trinajstić information content (AvgIpc) is 2.92. The first kappa shape index (κ1) is 30.6. The van der Waals surface area contributed by atoms with Gasteiger partial charge in [-0.25, -0.2) is 9.59 Å². The molecule has 0 heterocycles. The van der Waals surface area contributed by atoms with Crippen LogP contribution in [-0.2, 0) is 9.47 Å². The van der Waals surface area contributed by atoms with Gasteiger partial charge < -0.3 is 9.47 Å². The van der Waals surface area contributed by atoms with E-state index in [1.54, 1.807) is 24.3 Å². The highest BCUT2D eigenvalue weighted by molar-refractivity contribution is 5.89. The van der Waals surface area contributed by atoms with Crippen LogP contribution in [-0.4, -0.2) is 25.2 Å². The molecule has 0 saturated heterocycles. The number of hydrogen-bond acceptors (Lipinski definition) is 4. The van der Waals surface area contributed by atoms with Crippen LogP contribution in [0.4, 0.5) is 0 Å². The molecule has 0 spiro atoms. The number of hydrogen-bond donors (Lipinski definition) is 0. The summed E-state index contributed by atoms with van der Waals surface area (Å²) >= 11 is 0. The van der Waals surface area contributed by atoms with Crippen molar-refractivity contribution in [3.63, 3.8) is 0 Å². The van der Waals surface area contributed by atoms with Gasteiger partial charge in [0.15, 0.2) is 0 Å². The summed E-state index contributed by atoms with van der Waals surface area (Å²) in [5.41, 5.74) is 6.11. The SMILES string of the molecule is CC(C)=CCC/C(C)=C/CC/C(=C\CC/C(C)=C/COC(=O)c1ccccc1)COC(=O)c1ccccc1. The Kier molecular flexibility index (Phi) is 14.3. The summed E-state index contributed by atoms with van der Waals surface area (Å²) in [7, 11) is 0. The second kappa shape index (κ2) is 17.7. The van der Waals surface area contributed by atoms with Crippen LogP contribution < -0.4 is 0 Å². The second-order valence-electron chi connectivity index (χ2n) is 9.77. The fourth-order valence-corrected chi connectivity index (χ4v) is 3.77. The number of carbonyl (C=O) groups is 2. The Morgan fingerprint density at radius 3 is 1.68 bits per heavy atom. The summed E-state index contributed by atoms with van der Waals surface area (Å²) in [6.07, 6.45) is 14.2. The molecule has 2 aromatic carbocycles. The average molecular weight is 515 g/mol. The van der Waals surface area contributed by atoms with Gasteiger partial charge in [-0.3, -0.25) is 0 Å². The molecule has 0 unspecified atom stereocenters. The highest BCUT2D eigenvalue weighted by Gasteiger charge is 2.08. The molecule has 4 nitrogen and oxygen atoms in total. The second-order valence-corrected chi connectivity index (χ2v) is 9.77. The summed E-state index contributed by atoms with van der Waals surface area (Å²) in [5, 5.41) is 0. The molecular weight excluding hydrogens is 472 g/mol. The number of esters is 2. The molecule has 0 aliphatic heterocycles. The normalized spacial score (nSPS) is 12.2. The minimum atomic E-state index is -0.318. The van der Waals surface area contributed by atoms with Gasteiger partial charge in [-0.05, 0) is 102 Å². The van der Waals surface area contributed by atoms with Crippen LogP contribution in [0.1, 0.15) is 86.9 Å². The van der Waals surface area contributed by atoms with Gasteiger partial charge in [0.25, 0.3) is 0 Å². The molecule has 0 aliphatic carbocycles. The standard InChI is InChI=1S/C34H42O4/c1-27(2)14-11-15-28(3)16-12-18-30(26-38-34(36)32-22-9-6-10-23-32)19-13-17-29(4)24-25-37-33(35)31-20-7-5-8-21-31/h5-10,14,16,19-24H,11-13,15,17-18,25-26H2,1-4H3/b28-16+,29-24+,30-19+. The third kappa shape index (κ3) is 13.0. The molecule has 0 fully saturated rings. The number of allylic oxidation sites excluding steroid dienone is 6. The van der Waals surface area contributed by atoms with Crippen LogP contribution in [0.2, 0.25) is 0 Å². The maximum absolute atomic E-state index is 12.4. The van der Waals surface area contributed by atoms with Crippen molar-refractivity contribution in [1.82, 2.24) is 0 Å². The number of carbonyl (C=O) groups excluding carboxylic acids is 2. The lowest BCUT2D eigenvalue weighted by Gasteiger charge is -2.10. The topological polar surface area (TPSA) is 52.6 Å². The maximum Gasteiger partial charge on any atom is 0.338 e. The van der Waals surface area contributed by atoms with Gasteiger partial charge in [0.05, 0.1) is 11.1 Å². The molecule has 2 rings (SSSR count). The molecule has 2 aromatic rings. The molecule has 38 heavy (non-hydrogen) atoms. The van der Waals surface area contributed by atoms with Crippen molar-refractivity contribution in [1.29, 1.82) is 0 Å². The smallest absolute Gasteiger partial charge is 0.338 e. The fourth-order valence-electron chi connectivity index (χ4n) is 3.77. The number of ether oxygens (including phenoxy) is 2. The highest BCUT2D eigenvalue weighted by Crippen LogP contribution is 2.15. The van der Waals surface area contributed by atoms with Crippen molar-refractivity contribution < 1.29 is 19.1 Å². The van der Waals surface area contributed by atoms with E-state index in [0.29, 0.717) is 11.1 Å². The molecule has 0 radical (unpaired) electrons. The first-order valence-corrected chi connectivity index (χ1v) is 13.4. The van der Waals surface area contributed by atoms with Gasteiger partial charge in [0.2, 0.25) is 0 Å². The van der Waals surface area contributed by atoms with Crippen molar-refractivity contribution in [3.05, 3.63) is 118 Å². The first-order valence-electron chi connectivity index (χ1n) is 13.4. The van der Waals surface area contributed by atoms with Crippen molar-refractivity contribution in [2.45, 2.75) is 66.2 Å². The van der Waals surface area contributed by atoms with Crippen molar-refractivity contribution in [2.75, 3.05) is 13.2 Å². The number of benzene rings is 2. The lowest BCUT2D eigenvalue weighted by atomic mass is 10.0. The molecule has 0 atom stereocenters. The Balaban J connectivity index is 1.89.